The summed E-state index contributed by atoms with van der Waals surface area (Å²) >= 11 is 5.85. The molecular weight excluding hydrogens is 386 g/mol. The molecule has 1 saturated carbocycles. The largest absolute Gasteiger partial charge is 0.474 e. The van der Waals surface area contributed by atoms with Crippen LogP contribution in [0.2, 0.25) is 5.02 Å². The Labute approximate surface area is 175 Å². The summed E-state index contributed by atoms with van der Waals surface area (Å²) < 4.78 is 5.91. The Morgan fingerprint density at radius 2 is 1.83 bits per heavy atom. The summed E-state index contributed by atoms with van der Waals surface area (Å²) in [5, 5.41) is 9.03. The Balaban J connectivity index is 1.23. The van der Waals surface area contributed by atoms with Crippen molar-refractivity contribution in [1.29, 1.82) is 0 Å². The van der Waals surface area contributed by atoms with E-state index in [1.165, 1.54) is 10.8 Å². The van der Waals surface area contributed by atoms with E-state index in [1.54, 1.807) is 18.3 Å². The number of carbonyl (C=O) groups is 1. The molecule has 0 radical (unpaired) electrons. The van der Waals surface area contributed by atoms with Crippen molar-refractivity contribution in [1.82, 2.24) is 15.6 Å². The van der Waals surface area contributed by atoms with Gasteiger partial charge in [0.25, 0.3) is 0 Å². The van der Waals surface area contributed by atoms with Gasteiger partial charge in [-0.15, -0.1) is 0 Å². The molecule has 2 amide bonds. The van der Waals surface area contributed by atoms with Crippen molar-refractivity contribution < 1.29 is 9.53 Å². The second-order valence-corrected chi connectivity index (χ2v) is 7.81. The molecule has 29 heavy (non-hydrogen) atoms. The maximum atomic E-state index is 12.3. The minimum Gasteiger partial charge on any atom is -0.474 e. The first-order chi connectivity index (χ1) is 14.2. The summed E-state index contributed by atoms with van der Waals surface area (Å²) in [7, 11) is 0. The van der Waals surface area contributed by atoms with E-state index >= 15 is 0 Å². The molecule has 0 atom stereocenters. The van der Waals surface area contributed by atoms with Gasteiger partial charge in [0.2, 0.25) is 5.88 Å². The van der Waals surface area contributed by atoms with Crippen LogP contribution in [0.15, 0.2) is 60.8 Å². The number of fused-ring (bicyclic) bond motifs is 1. The molecule has 1 heterocycles. The van der Waals surface area contributed by atoms with E-state index in [-0.39, 0.29) is 18.2 Å². The van der Waals surface area contributed by atoms with Crippen LogP contribution in [0.5, 0.6) is 5.88 Å². The number of nitrogens with one attached hydrogen (secondary N) is 2. The van der Waals surface area contributed by atoms with Crippen molar-refractivity contribution in [2.24, 2.45) is 0 Å². The van der Waals surface area contributed by atoms with Crippen LogP contribution in [0.1, 0.15) is 31.2 Å². The van der Waals surface area contributed by atoms with E-state index < -0.39 is 0 Å². The predicted octanol–water partition coefficient (Wildman–Crippen LogP) is 5.08. The Hall–Kier alpha value is -2.79. The van der Waals surface area contributed by atoms with Gasteiger partial charge in [-0.1, -0.05) is 54.1 Å². The van der Waals surface area contributed by atoms with E-state index in [2.05, 4.69) is 39.9 Å². The van der Waals surface area contributed by atoms with Crippen LogP contribution in [0, 0.1) is 0 Å². The molecule has 2 N–H and O–H groups in total. The molecule has 0 spiro atoms. The quantitative estimate of drug-likeness (QED) is 0.617. The number of benzene rings is 2. The Kier molecular flexibility index (Phi) is 6.15. The minimum absolute atomic E-state index is 0.123. The number of hydrogen-bond donors (Lipinski definition) is 2. The fourth-order valence-corrected chi connectivity index (χ4v) is 3.90. The molecule has 2 aromatic carbocycles. The second kappa shape index (κ2) is 9.14. The summed E-state index contributed by atoms with van der Waals surface area (Å²) in [5.41, 5.74) is 1.12. The monoisotopic (exact) mass is 409 g/mol. The number of ether oxygens (including phenoxy) is 1. The van der Waals surface area contributed by atoms with Crippen molar-refractivity contribution in [2.45, 2.75) is 44.4 Å². The molecule has 1 fully saturated rings. The summed E-state index contributed by atoms with van der Waals surface area (Å²) in [5.74, 6) is 0.596. The number of rotatable bonds is 5. The maximum Gasteiger partial charge on any atom is 0.315 e. The molecule has 1 aromatic heterocycles. The SMILES string of the molecule is O=C(NCc1cccc2ccccc12)NC1CCC(Oc2ccc(Cl)cn2)CC1. The highest BCUT2D eigenvalue weighted by Crippen LogP contribution is 2.23. The normalized spacial score (nSPS) is 18.9. The van der Waals surface area contributed by atoms with Crippen LogP contribution in [-0.2, 0) is 6.54 Å². The van der Waals surface area contributed by atoms with Gasteiger partial charge in [-0.3, -0.25) is 0 Å². The predicted molar refractivity (Wildman–Crippen MR) is 115 cm³/mol. The lowest BCUT2D eigenvalue weighted by atomic mass is 9.93. The lowest BCUT2D eigenvalue weighted by Crippen LogP contribution is -2.44. The van der Waals surface area contributed by atoms with E-state index in [0.717, 1.165) is 31.2 Å². The first-order valence-corrected chi connectivity index (χ1v) is 10.3. The van der Waals surface area contributed by atoms with Crippen molar-refractivity contribution in [3.05, 3.63) is 71.4 Å². The topological polar surface area (TPSA) is 63.2 Å². The molecule has 0 unspecified atom stereocenters. The van der Waals surface area contributed by atoms with Gasteiger partial charge in [0, 0.05) is 24.8 Å². The van der Waals surface area contributed by atoms with Crippen molar-refractivity contribution in [3.8, 4) is 5.88 Å². The number of nitrogens with zero attached hydrogens (tertiary/aromatic N) is 1. The van der Waals surface area contributed by atoms with Gasteiger partial charge < -0.3 is 15.4 Å². The van der Waals surface area contributed by atoms with Crippen LogP contribution in [0.3, 0.4) is 0 Å². The van der Waals surface area contributed by atoms with Crippen molar-refractivity contribution >= 4 is 28.4 Å². The van der Waals surface area contributed by atoms with Gasteiger partial charge in [-0.25, -0.2) is 9.78 Å². The standard InChI is InChI=1S/C23H24ClN3O2/c24-18-8-13-22(25-15-18)29-20-11-9-19(10-12-20)27-23(28)26-14-17-6-3-5-16-4-1-2-7-21(16)17/h1-8,13,15,19-20H,9-12,14H2,(H2,26,27,28). The molecule has 0 saturated heterocycles. The fourth-order valence-electron chi connectivity index (χ4n) is 3.79. The average molecular weight is 410 g/mol. The van der Waals surface area contributed by atoms with Crippen LogP contribution in [0.25, 0.3) is 10.8 Å². The van der Waals surface area contributed by atoms with Crippen LogP contribution < -0.4 is 15.4 Å². The number of amides is 2. The number of aromatic nitrogens is 1. The molecule has 1 aliphatic rings. The van der Waals surface area contributed by atoms with Gasteiger partial charge >= 0.3 is 6.03 Å². The molecule has 3 aromatic rings. The van der Waals surface area contributed by atoms with E-state index in [9.17, 15) is 4.79 Å². The minimum atomic E-state index is -0.123. The Morgan fingerprint density at radius 3 is 2.62 bits per heavy atom. The zero-order valence-corrected chi connectivity index (χ0v) is 16.9. The molecule has 150 valence electrons. The third-order valence-electron chi connectivity index (χ3n) is 5.32. The van der Waals surface area contributed by atoms with Gasteiger partial charge in [0.15, 0.2) is 0 Å². The highest BCUT2D eigenvalue weighted by atomic mass is 35.5. The van der Waals surface area contributed by atoms with Gasteiger partial charge in [-0.05, 0) is 48.1 Å². The molecule has 1 aliphatic carbocycles. The van der Waals surface area contributed by atoms with Gasteiger partial charge in [0.1, 0.15) is 6.10 Å². The molecule has 4 rings (SSSR count). The number of carbonyl (C=O) groups excluding carboxylic acids is 1. The first-order valence-electron chi connectivity index (χ1n) is 9.96. The second-order valence-electron chi connectivity index (χ2n) is 7.37. The molecule has 0 aliphatic heterocycles. The lowest BCUT2D eigenvalue weighted by molar-refractivity contribution is 0.135. The zero-order valence-electron chi connectivity index (χ0n) is 16.1. The molecule has 5 nitrogen and oxygen atoms in total. The number of urea groups is 1. The van der Waals surface area contributed by atoms with E-state index in [4.69, 9.17) is 16.3 Å². The van der Waals surface area contributed by atoms with Crippen LogP contribution in [0.4, 0.5) is 4.79 Å². The summed E-state index contributed by atoms with van der Waals surface area (Å²) in [4.78, 5) is 16.5. The Morgan fingerprint density at radius 1 is 1.03 bits per heavy atom. The van der Waals surface area contributed by atoms with Crippen molar-refractivity contribution in [2.75, 3.05) is 0 Å². The zero-order chi connectivity index (χ0) is 20.1. The average Bonchev–Trinajstić information content (AvgIpc) is 2.75. The summed E-state index contributed by atoms with van der Waals surface area (Å²) in [6.45, 7) is 0.508. The highest BCUT2D eigenvalue weighted by Gasteiger charge is 2.23. The third kappa shape index (κ3) is 5.18. The summed E-state index contributed by atoms with van der Waals surface area (Å²) in [6, 6.07) is 18.0. The third-order valence-corrected chi connectivity index (χ3v) is 5.54. The van der Waals surface area contributed by atoms with Crippen molar-refractivity contribution in [3.63, 3.8) is 0 Å². The molecule has 6 heteroatoms. The number of pyridine rings is 1. The number of hydrogen-bond acceptors (Lipinski definition) is 3. The van der Waals surface area contributed by atoms with E-state index in [0.29, 0.717) is 17.4 Å². The maximum absolute atomic E-state index is 12.3. The first kappa shape index (κ1) is 19.5. The highest BCUT2D eigenvalue weighted by molar-refractivity contribution is 6.30. The van der Waals surface area contributed by atoms with Crippen LogP contribution >= 0.6 is 11.6 Å². The van der Waals surface area contributed by atoms with Gasteiger partial charge in [-0.2, -0.15) is 0 Å². The lowest BCUT2D eigenvalue weighted by Gasteiger charge is -2.29. The smallest absolute Gasteiger partial charge is 0.315 e. The molecule has 0 bridgehead atoms. The summed E-state index contributed by atoms with van der Waals surface area (Å²) in [6.07, 6.45) is 5.27. The number of halogens is 1. The van der Waals surface area contributed by atoms with Crippen LogP contribution in [-0.4, -0.2) is 23.2 Å². The fraction of sp³-hybridized carbons (Fsp3) is 0.304. The molecular formula is C23H24ClN3O2. The Bertz CT molecular complexity index is 964. The van der Waals surface area contributed by atoms with E-state index in [1.807, 2.05) is 18.2 Å². The van der Waals surface area contributed by atoms with Gasteiger partial charge in [0.05, 0.1) is 5.02 Å².